The molecule has 0 aliphatic carbocycles. The molecule has 130 valence electrons. The Morgan fingerprint density at radius 3 is 2.92 bits per heavy atom. The summed E-state index contributed by atoms with van der Waals surface area (Å²) >= 11 is 0. The third-order valence-electron chi connectivity index (χ3n) is 4.92. The number of carbonyl (C=O) groups excluding carboxylic acids is 1. The molecule has 0 unspecified atom stereocenters. The first kappa shape index (κ1) is 15.9. The highest BCUT2D eigenvalue weighted by molar-refractivity contribution is 5.89. The molecule has 3 heterocycles. The Bertz CT molecular complexity index is 938. The molecule has 6 heteroatoms. The van der Waals surface area contributed by atoms with Gasteiger partial charge in [-0.25, -0.2) is 0 Å². The average molecular weight is 338 g/mol. The maximum atomic E-state index is 12.8. The van der Waals surface area contributed by atoms with Crippen molar-refractivity contribution in [1.82, 2.24) is 19.2 Å². The van der Waals surface area contributed by atoms with E-state index < -0.39 is 6.10 Å². The van der Waals surface area contributed by atoms with Gasteiger partial charge in [-0.15, -0.1) is 0 Å². The SMILES string of the molecule is C[C@@H](O)c1cc2n(n1)CCN(C(=O)Cc1cn(C)c3ccccc13)C2. The van der Waals surface area contributed by atoms with Crippen LogP contribution in [0.4, 0.5) is 0 Å². The number of aromatic nitrogens is 3. The molecule has 1 atom stereocenters. The molecule has 0 radical (unpaired) electrons. The summed E-state index contributed by atoms with van der Waals surface area (Å²) in [6, 6.07) is 10.0. The van der Waals surface area contributed by atoms with Gasteiger partial charge >= 0.3 is 0 Å². The van der Waals surface area contributed by atoms with E-state index in [9.17, 15) is 9.90 Å². The summed E-state index contributed by atoms with van der Waals surface area (Å²) in [6.45, 7) is 3.57. The number of hydrogen-bond donors (Lipinski definition) is 1. The van der Waals surface area contributed by atoms with Crippen LogP contribution in [0, 0.1) is 0 Å². The van der Waals surface area contributed by atoms with E-state index in [4.69, 9.17) is 0 Å². The fourth-order valence-electron chi connectivity index (χ4n) is 3.55. The fraction of sp³-hybridized carbons (Fsp3) is 0.368. The maximum Gasteiger partial charge on any atom is 0.227 e. The Labute approximate surface area is 146 Å². The lowest BCUT2D eigenvalue weighted by atomic mass is 10.1. The second kappa shape index (κ2) is 6.04. The van der Waals surface area contributed by atoms with Crippen molar-refractivity contribution in [3.63, 3.8) is 0 Å². The molecule has 0 saturated carbocycles. The molecule has 0 spiro atoms. The molecule has 1 aromatic carbocycles. The minimum Gasteiger partial charge on any atom is -0.387 e. The molecule has 0 saturated heterocycles. The number of rotatable bonds is 3. The molecule has 25 heavy (non-hydrogen) atoms. The minimum absolute atomic E-state index is 0.127. The fourth-order valence-corrected chi connectivity index (χ4v) is 3.55. The van der Waals surface area contributed by atoms with Crippen LogP contribution < -0.4 is 0 Å². The number of aliphatic hydroxyl groups excluding tert-OH is 1. The van der Waals surface area contributed by atoms with Crippen molar-refractivity contribution in [3.05, 3.63) is 53.5 Å². The van der Waals surface area contributed by atoms with Crippen molar-refractivity contribution in [2.45, 2.75) is 32.5 Å². The predicted molar refractivity (Wildman–Crippen MR) is 94.9 cm³/mol. The van der Waals surface area contributed by atoms with Gasteiger partial charge in [0.05, 0.1) is 37.0 Å². The lowest BCUT2D eigenvalue weighted by molar-refractivity contribution is -0.131. The highest BCUT2D eigenvalue weighted by atomic mass is 16.3. The lowest BCUT2D eigenvalue weighted by Crippen LogP contribution is -2.39. The van der Waals surface area contributed by atoms with Crippen LogP contribution in [0.1, 0.15) is 30.0 Å². The largest absolute Gasteiger partial charge is 0.387 e. The van der Waals surface area contributed by atoms with Crippen molar-refractivity contribution < 1.29 is 9.90 Å². The zero-order chi connectivity index (χ0) is 17.6. The molecule has 4 rings (SSSR count). The van der Waals surface area contributed by atoms with E-state index in [-0.39, 0.29) is 5.91 Å². The van der Waals surface area contributed by atoms with Crippen molar-refractivity contribution in [3.8, 4) is 0 Å². The maximum absolute atomic E-state index is 12.8. The van der Waals surface area contributed by atoms with Gasteiger partial charge in [-0.1, -0.05) is 18.2 Å². The van der Waals surface area contributed by atoms with E-state index in [1.54, 1.807) is 6.92 Å². The van der Waals surface area contributed by atoms with E-state index >= 15 is 0 Å². The van der Waals surface area contributed by atoms with Gasteiger partial charge in [-0.3, -0.25) is 9.48 Å². The van der Waals surface area contributed by atoms with E-state index in [1.165, 1.54) is 0 Å². The monoisotopic (exact) mass is 338 g/mol. The summed E-state index contributed by atoms with van der Waals surface area (Å²) in [6.07, 6.45) is 1.86. The standard InChI is InChI=1S/C19H22N4O2/c1-13(24)17-10-15-12-22(7-8-23(15)20-17)19(25)9-14-11-21(2)18-6-4-3-5-16(14)18/h3-6,10-11,13,24H,7-9,12H2,1-2H3/t13-/m1/s1. The van der Waals surface area contributed by atoms with E-state index in [0.717, 1.165) is 22.2 Å². The number of aliphatic hydroxyl groups is 1. The summed E-state index contributed by atoms with van der Waals surface area (Å²) < 4.78 is 3.96. The van der Waals surface area contributed by atoms with Gasteiger partial charge in [0.25, 0.3) is 0 Å². The summed E-state index contributed by atoms with van der Waals surface area (Å²) in [5.74, 6) is 0.127. The quantitative estimate of drug-likeness (QED) is 0.795. The van der Waals surface area contributed by atoms with Crippen molar-refractivity contribution in [1.29, 1.82) is 0 Å². The zero-order valence-electron chi connectivity index (χ0n) is 14.5. The van der Waals surface area contributed by atoms with Gasteiger partial charge in [-0.2, -0.15) is 5.10 Å². The van der Waals surface area contributed by atoms with Crippen LogP contribution in [0.15, 0.2) is 36.5 Å². The summed E-state index contributed by atoms with van der Waals surface area (Å²) in [5.41, 5.74) is 3.85. The van der Waals surface area contributed by atoms with Crippen LogP contribution in [0.3, 0.4) is 0 Å². The molecule has 3 aromatic rings. The second-order valence-corrected chi connectivity index (χ2v) is 6.73. The first-order valence-corrected chi connectivity index (χ1v) is 8.58. The van der Waals surface area contributed by atoms with Gasteiger partial charge in [-0.05, 0) is 24.6 Å². The minimum atomic E-state index is -0.585. The number of para-hydroxylation sites is 1. The van der Waals surface area contributed by atoms with E-state index in [2.05, 4.69) is 21.8 Å². The Morgan fingerprint density at radius 2 is 2.12 bits per heavy atom. The highest BCUT2D eigenvalue weighted by Gasteiger charge is 2.24. The number of fused-ring (bicyclic) bond motifs is 2. The van der Waals surface area contributed by atoms with Gasteiger partial charge in [0.15, 0.2) is 0 Å². The van der Waals surface area contributed by atoms with Crippen LogP contribution in [0.5, 0.6) is 0 Å². The first-order valence-electron chi connectivity index (χ1n) is 8.58. The van der Waals surface area contributed by atoms with Crippen molar-refractivity contribution >= 4 is 16.8 Å². The number of benzene rings is 1. The van der Waals surface area contributed by atoms with Gasteiger partial charge in [0, 0.05) is 30.7 Å². The molecule has 1 amide bonds. The number of hydrogen-bond acceptors (Lipinski definition) is 3. The third kappa shape index (κ3) is 2.82. The molecule has 0 fully saturated rings. The number of aryl methyl sites for hydroxylation is 1. The van der Waals surface area contributed by atoms with Gasteiger partial charge < -0.3 is 14.6 Å². The zero-order valence-corrected chi connectivity index (χ0v) is 14.5. The topological polar surface area (TPSA) is 63.3 Å². The normalized spacial score (nSPS) is 15.4. The van der Waals surface area contributed by atoms with Crippen LogP contribution >= 0.6 is 0 Å². The molecular formula is C19H22N4O2. The van der Waals surface area contributed by atoms with Crippen LogP contribution in [-0.4, -0.2) is 36.8 Å². The van der Waals surface area contributed by atoms with Crippen molar-refractivity contribution in [2.75, 3.05) is 6.54 Å². The molecule has 0 bridgehead atoms. The number of nitrogens with zero attached hydrogens (tertiary/aromatic N) is 4. The van der Waals surface area contributed by atoms with Gasteiger partial charge in [0.1, 0.15) is 0 Å². The Hall–Kier alpha value is -2.60. The van der Waals surface area contributed by atoms with Crippen molar-refractivity contribution in [2.24, 2.45) is 7.05 Å². The predicted octanol–water partition coefficient (Wildman–Crippen LogP) is 2.01. The first-order chi connectivity index (χ1) is 12.0. The van der Waals surface area contributed by atoms with E-state index in [0.29, 0.717) is 31.7 Å². The molecule has 1 aliphatic heterocycles. The molecule has 2 aromatic heterocycles. The Kier molecular flexibility index (Phi) is 3.84. The number of amides is 1. The molecule has 6 nitrogen and oxygen atoms in total. The average Bonchev–Trinajstić information content (AvgIpc) is 3.16. The van der Waals surface area contributed by atoms with Crippen LogP contribution in [0.2, 0.25) is 0 Å². The van der Waals surface area contributed by atoms with Gasteiger partial charge in [0.2, 0.25) is 5.91 Å². The smallest absolute Gasteiger partial charge is 0.227 e. The van der Waals surface area contributed by atoms with E-state index in [1.807, 2.05) is 41.0 Å². The summed E-state index contributed by atoms with van der Waals surface area (Å²) in [7, 11) is 2.01. The Balaban J connectivity index is 1.53. The van der Waals surface area contributed by atoms with Crippen LogP contribution in [-0.2, 0) is 31.4 Å². The second-order valence-electron chi connectivity index (χ2n) is 6.73. The molecule has 1 N–H and O–H groups in total. The lowest BCUT2D eigenvalue weighted by Gasteiger charge is -2.27. The molecular weight excluding hydrogens is 316 g/mol. The molecule has 1 aliphatic rings. The highest BCUT2D eigenvalue weighted by Crippen LogP contribution is 2.23. The summed E-state index contributed by atoms with van der Waals surface area (Å²) in [5, 5.41) is 15.2. The summed E-state index contributed by atoms with van der Waals surface area (Å²) in [4.78, 5) is 14.7. The number of carbonyl (C=O) groups is 1. The van der Waals surface area contributed by atoms with Crippen LogP contribution in [0.25, 0.3) is 10.9 Å². The third-order valence-corrected chi connectivity index (χ3v) is 4.92. The Morgan fingerprint density at radius 1 is 1.32 bits per heavy atom.